The molecule has 0 heterocycles. The van der Waals surface area contributed by atoms with Gasteiger partial charge < -0.3 is 10.1 Å². The molecule has 3 heteroatoms. The van der Waals surface area contributed by atoms with Gasteiger partial charge in [0.1, 0.15) is 0 Å². The van der Waals surface area contributed by atoms with E-state index in [0.717, 1.165) is 6.54 Å². The van der Waals surface area contributed by atoms with E-state index in [1.165, 1.54) is 16.7 Å². The van der Waals surface area contributed by atoms with Crippen molar-refractivity contribution in [3.05, 3.63) is 34.9 Å². The molecule has 0 atom stereocenters. The minimum atomic E-state index is -0.195. The predicted molar refractivity (Wildman–Crippen MR) is 78.4 cm³/mol. The van der Waals surface area contributed by atoms with Crippen LogP contribution in [-0.2, 0) is 14.9 Å². The first kappa shape index (κ1) is 15.7. The van der Waals surface area contributed by atoms with E-state index in [1.54, 1.807) is 0 Å². The highest BCUT2D eigenvalue weighted by molar-refractivity contribution is 5.71. The van der Waals surface area contributed by atoms with E-state index in [0.29, 0.717) is 6.61 Å². The molecule has 0 unspecified atom stereocenters. The first-order valence-electron chi connectivity index (χ1n) is 6.81. The summed E-state index contributed by atoms with van der Waals surface area (Å²) < 4.78 is 4.90. The lowest BCUT2D eigenvalue weighted by atomic mass is 9.81. The summed E-state index contributed by atoms with van der Waals surface area (Å²) in [6.07, 6.45) is 0. The summed E-state index contributed by atoms with van der Waals surface area (Å²) in [4.78, 5) is 11.3. The second-order valence-corrected chi connectivity index (χ2v) is 5.61. The summed E-state index contributed by atoms with van der Waals surface area (Å²) in [7, 11) is 0. The first-order valence-corrected chi connectivity index (χ1v) is 6.81. The third kappa shape index (κ3) is 4.67. The summed E-state index contributed by atoms with van der Waals surface area (Å²) in [5, 5.41) is 3.18. The summed E-state index contributed by atoms with van der Waals surface area (Å²) in [6, 6.07) is 6.50. The van der Waals surface area contributed by atoms with E-state index in [9.17, 15) is 4.79 Å². The number of ether oxygens (including phenoxy) is 1. The predicted octanol–water partition coefficient (Wildman–Crippen LogP) is 2.73. The number of esters is 1. The van der Waals surface area contributed by atoms with Crippen molar-refractivity contribution >= 4 is 5.97 Å². The Hall–Kier alpha value is -1.35. The molecule has 0 saturated heterocycles. The lowest BCUT2D eigenvalue weighted by Crippen LogP contribution is -2.36. The van der Waals surface area contributed by atoms with Crippen molar-refractivity contribution in [2.24, 2.45) is 0 Å². The van der Waals surface area contributed by atoms with Gasteiger partial charge in [-0.05, 0) is 31.9 Å². The standard InChI is InChI=1S/C16H25NO2/c1-6-19-15(18)10-17-11-16(4,5)14-9-12(2)7-8-13(14)3/h7-9,17H,6,10-11H2,1-5H3. The lowest BCUT2D eigenvalue weighted by Gasteiger charge is -2.28. The molecule has 0 bridgehead atoms. The van der Waals surface area contributed by atoms with Gasteiger partial charge in [-0.3, -0.25) is 4.79 Å². The molecule has 1 N–H and O–H groups in total. The molecule has 106 valence electrons. The van der Waals surface area contributed by atoms with Crippen LogP contribution in [0.1, 0.15) is 37.5 Å². The molecule has 1 rings (SSSR count). The Morgan fingerprint density at radius 3 is 2.63 bits per heavy atom. The molecule has 3 nitrogen and oxygen atoms in total. The van der Waals surface area contributed by atoms with Crippen LogP contribution in [0.15, 0.2) is 18.2 Å². The smallest absolute Gasteiger partial charge is 0.319 e. The number of carbonyl (C=O) groups is 1. The van der Waals surface area contributed by atoms with Crippen LogP contribution in [0.4, 0.5) is 0 Å². The van der Waals surface area contributed by atoms with Gasteiger partial charge >= 0.3 is 5.97 Å². The molecule has 19 heavy (non-hydrogen) atoms. The van der Waals surface area contributed by atoms with E-state index in [4.69, 9.17) is 4.74 Å². The number of hydrogen-bond acceptors (Lipinski definition) is 3. The quantitative estimate of drug-likeness (QED) is 0.802. The zero-order valence-electron chi connectivity index (χ0n) is 12.7. The molecule has 0 amide bonds. The van der Waals surface area contributed by atoms with Crippen molar-refractivity contribution in [3.8, 4) is 0 Å². The van der Waals surface area contributed by atoms with Crippen molar-refractivity contribution in [3.63, 3.8) is 0 Å². The monoisotopic (exact) mass is 263 g/mol. The molecular weight excluding hydrogens is 238 g/mol. The van der Waals surface area contributed by atoms with Gasteiger partial charge in [0.25, 0.3) is 0 Å². The average molecular weight is 263 g/mol. The molecule has 0 fully saturated rings. The highest BCUT2D eigenvalue weighted by Gasteiger charge is 2.22. The van der Waals surface area contributed by atoms with Crippen LogP contribution in [0.3, 0.4) is 0 Å². The number of aryl methyl sites for hydroxylation is 2. The van der Waals surface area contributed by atoms with E-state index in [2.05, 4.69) is 51.2 Å². The maximum Gasteiger partial charge on any atom is 0.319 e. The first-order chi connectivity index (χ1) is 8.86. The minimum absolute atomic E-state index is 0.0113. The Labute approximate surface area is 116 Å². The Morgan fingerprint density at radius 1 is 1.32 bits per heavy atom. The largest absolute Gasteiger partial charge is 0.465 e. The average Bonchev–Trinajstić information content (AvgIpc) is 2.32. The molecule has 0 saturated carbocycles. The normalized spacial score (nSPS) is 11.4. The number of nitrogens with one attached hydrogen (secondary N) is 1. The molecule has 1 aromatic carbocycles. The molecular formula is C16H25NO2. The van der Waals surface area contributed by atoms with Gasteiger partial charge in [0.15, 0.2) is 0 Å². The second-order valence-electron chi connectivity index (χ2n) is 5.61. The summed E-state index contributed by atoms with van der Waals surface area (Å²) >= 11 is 0. The van der Waals surface area contributed by atoms with Crippen LogP contribution in [0.25, 0.3) is 0 Å². The Morgan fingerprint density at radius 2 is 2.00 bits per heavy atom. The summed E-state index contributed by atoms with van der Waals surface area (Å²) in [5.41, 5.74) is 3.86. The fourth-order valence-corrected chi connectivity index (χ4v) is 2.25. The highest BCUT2D eigenvalue weighted by atomic mass is 16.5. The maximum atomic E-state index is 11.3. The third-order valence-corrected chi connectivity index (χ3v) is 3.26. The Bertz CT molecular complexity index is 438. The van der Waals surface area contributed by atoms with Crippen molar-refractivity contribution < 1.29 is 9.53 Å². The van der Waals surface area contributed by atoms with Crippen molar-refractivity contribution in [2.45, 2.75) is 40.0 Å². The molecule has 0 spiro atoms. The molecule has 0 aliphatic heterocycles. The van der Waals surface area contributed by atoms with Crippen LogP contribution < -0.4 is 5.32 Å². The third-order valence-electron chi connectivity index (χ3n) is 3.26. The van der Waals surface area contributed by atoms with Gasteiger partial charge in [0.2, 0.25) is 0 Å². The zero-order chi connectivity index (χ0) is 14.5. The lowest BCUT2D eigenvalue weighted by molar-refractivity contribution is -0.142. The minimum Gasteiger partial charge on any atom is -0.465 e. The molecule has 1 aromatic rings. The van der Waals surface area contributed by atoms with Crippen molar-refractivity contribution in [2.75, 3.05) is 19.7 Å². The highest BCUT2D eigenvalue weighted by Crippen LogP contribution is 2.26. The number of rotatable bonds is 6. The Balaban J connectivity index is 2.65. The zero-order valence-corrected chi connectivity index (χ0v) is 12.7. The number of carbonyl (C=O) groups excluding carboxylic acids is 1. The van der Waals surface area contributed by atoms with Gasteiger partial charge in [0, 0.05) is 12.0 Å². The number of hydrogen-bond donors (Lipinski definition) is 1. The van der Waals surface area contributed by atoms with Crippen LogP contribution in [0, 0.1) is 13.8 Å². The van der Waals surface area contributed by atoms with E-state index in [1.807, 2.05) is 6.92 Å². The van der Waals surface area contributed by atoms with Gasteiger partial charge in [-0.1, -0.05) is 37.6 Å². The van der Waals surface area contributed by atoms with E-state index >= 15 is 0 Å². The van der Waals surface area contributed by atoms with Gasteiger partial charge in [-0.25, -0.2) is 0 Å². The van der Waals surface area contributed by atoms with Crippen LogP contribution in [0.5, 0.6) is 0 Å². The van der Waals surface area contributed by atoms with Gasteiger partial charge in [-0.15, -0.1) is 0 Å². The van der Waals surface area contributed by atoms with Crippen molar-refractivity contribution in [1.29, 1.82) is 0 Å². The van der Waals surface area contributed by atoms with Crippen LogP contribution in [-0.4, -0.2) is 25.7 Å². The SMILES string of the molecule is CCOC(=O)CNCC(C)(C)c1cc(C)ccc1C. The summed E-state index contributed by atoms with van der Waals surface area (Å²) in [6.45, 7) is 11.9. The fraction of sp³-hybridized carbons (Fsp3) is 0.562. The fourth-order valence-electron chi connectivity index (χ4n) is 2.25. The van der Waals surface area contributed by atoms with Gasteiger partial charge in [0.05, 0.1) is 13.2 Å². The van der Waals surface area contributed by atoms with Gasteiger partial charge in [-0.2, -0.15) is 0 Å². The summed E-state index contributed by atoms with van der Waals surface area (Å²) in [5.74, 6) is -0.195. The van der Waals surface area contributed by atoms with E-state index < -0.39 is 0 Å². The molecule has 0 radical (unpaired) electrons. The molecule has 0 aliphatic carbocycles. The molecule has 0 aromatic heterocycles. The number of benzene rings is 1. The van der Waals surface area contributed by atoms with E-state index in [-0.39, 0.29) is 17.9 Å². The second kappa shape index (κ2) is 6.71. The molecule has 0 aliphatic rings. The van der Waals surface area contributed by atoms with Crippen LogP contribution >= 0.6 is 0 Å². The van der Waals surface area contributed by atoms with Crippen LogP contribution in [0.2, 0.25) is 0 Å². The Kier molecular flexibility index (Phi) is 5.55. The maximum absolute atomic E-state index is 11.3. The van der Waals surface area contributed by atoms with Crippen molar-refractivity contribution in [1.82, 2.24) is 5.32 Å². The topological polar surface area (TPSA) is 38.3 Å².